The van der Waals surface area contributed by atoms with Gasteiger partial charge in [-0.1, -0.05) is 35.9 Å². The molecule has 3 nitrogen and oxygen atoms in total. The summed E-state index contributed by atoms with van der Waals surface area (Å²) in [5, 5.41) is 2.83. The SMILES string of the molecule is COc1ccc2cc(C3SCC(=O)N3c3cccc(Cl)c3)ccc2c1. The van der Waals surface area contributed by atoms with Crippen LogP contribution in [0.3, 0.4) is 0 Å². The zero-order valence-electron chi connectivity index (χ0n) is 13.6. The molecular formula is C20H16ClNO2S. The number of carbonyl (C=O) groups is 1. The predicted molar refractivity (Wildman–Crippen MR) is 105 cm³/mol. The minimum Gasteiger partial charge on any atom is -0.497 e. The largest absolute Gasteiger partial charge is 0.497 e. The maximum absolute atomic E-state index is 12.5. The lowest BCUT2D eigenvalue weighted by Crippen LogP contribution is -2.27. The van der Waals surface area contributed by atoms with Gasteiger partial charge in [0.25, 0.3) is 0 Å². The number of benzene rings is 3. The lowest BCUT2D eigenvalue weighted by Gasteiger charge is -2.24. The van der Waals surface area contributed by atoms with Gasteiger partial charge in [0, 0.05) is 10.7 Å². The molecule has 1 atom stereocenters. The Balaban J connectivity index is 1.74. The van der Waals surface area contributed by atoms with Crippen molar-refractivity contribution >= 4 is 45.7 Å². The van der Waals surface area contributed by atoms with E-state index in [1.165, 1.54) is 0 Å². The van der Waals surface area contributed by atoms with Crippen molar-refractivity contribution in [1.82, 2.24) is 0 Å². The van der Waals surface area contributed by atoms with Gasteiger partial charge in [-0.25, -0.2) is 0 Å². The fourth-order valence-electron chi connectivity index (χ4n) is 3.10. The quantitative estimate of drug-likeness (QED) is 0.629. The molecule has 0 saturated carbocycles. The van der Waals surface area contributed by atoms with Crippen LogP contribution in [0.5, 0.6) is 5.75 Å². The molecule has 4 rings (SSSR count). The average molecular weight is 370 g/mol. The molecule has 1 heterocycles. The number of methoxy groups -OCH3 is 1. The third-order valence-corrected chi connectivity index (χ3v) is 5.76. The Morgan fingerprint density at radius 2 is 1.88 bits per heavy atom. The van der Waals surface area contributed by atoms with Crippen LogP contribution in [0, 0.1) is 0 Å². The number of thioether (sulfide) groups is 1. The highest BCUT2D eigenvalue weighted by Gasteiger charge is 2.34. The van der Waals surface area contributed by atoms with Crippen molar-refractivity contribution in [3.63, 3.8) is 0 Å². The molecule has 0 bridgehead atoms. The number of rotatable bonds is 3. The fourth-order valence-corrected chi connectivity index (χ4v) is 4.45. The number of nitrogens with zero attached hydrogens (tertiary/aromatic N) is 1. The number of fused-ring (bicyclic) bond motifs is 1. The van der Waals surface area contributed by atoms with Gasteiger partial charge >= 0.3 is 0 Å². The predicted octanol–water partition coefficient (Wildman–Crippen LogP) is 5.28. The number of halogens is 1. The fraction of sp³-hybridized carbons (Fsp3) is 0.150. The van der Waals surface area contributed by atoms with Gasteiger partial charge in [-0.15, -0.1) is 11.8 Å². The summed E-state index contributed by atoms with van der Waals surface area (Å²) in [6.45, 7) is 0. The second-order valence-corrected chi connectivity index (χ2v) is 7.38. The normalized spacial score (nSPS) is 17.3. The number of amides is 1. The van der Waals surface area contributed by atoms with Crippen LogP contribution in [0.2, 0.25) is 5.02 Å². The summed E-state index contributed by atoms with van der Waals surface area (Å²) in [5.74, 6) is 1.41. The van der Waals surface area contributed by atoms with Gasteiger partial charge in [0.15, 0.2) is 0 Å². The van der Waals surface area contributed by atoms with Gasteiger partial charge in [-0.2, -0.15) is 0 Å². The standard InChI is InChI=1S/C20H16ClNO2S/c1-24-18-8-7-13-9-15(6-5-14(13)10-18)20-22(19(23)12-25-20)17-4-2-3-16(21)11-17/h2-11,20H,12H2,1H3. The first kappa shape index (κ1) is 16.3. The summed E-state index contributed by atoms with van der Waals surface area (Å²) >= 11 is 7.75. The number of ether oxygens (including phenoxy) is 1. The summed E-state index contributed by atoms with van der Waals surface area (Å²) in [5.41, 5.74) is 1.94. The van der Waals surface area contributed by atoms with Gasteiger partial charge in [0.05, 0.1) is 12.9 Å². The Kier molecular flexibility index (Phi) is 4.32. The molecule has 1 aliphatic rings. The maximum atomic E-state index is 12.5. The number of carbonyl (C=O) groups excluding carboxylic acids is 1. The molecule has 3 aromatic carbocycles. The molecule has 0 aliphatic carbocycles. The molecule has 0 radical (unpaired) electrons. The van der Waals surface area contributed by atoms with Gasteiger partial charge in [-0.05, 0) is 52.7 Å². The second kappa shape index (κ2) is 6.62. The molecule has 1 unspecified atom stereocenters. The van der Waals surface area contributed by atoms with Crippen molar-refractivity contribution in [3.8, 4) is 5.75 Å². The molecule has 1 aliphatic heterocycles. The highest BCUT2D eigenvalue weighted by Crippen LogP contribution is 2.43. The van der Waals surface area contributed by atoms with E-state index in [-0.39, 0.29) is 11.3 Å². The van der Waals surface area contributed by atoms with Gasteiger partial charge in [0.2, 0.25) is 5.91 Å². The third-order valence-electron chi connectivity index (χ3n) is 4.31. The van der Waals surface area contributed by atoms with E-state index >= 15 is 0 Å². The van der Waals surface area contributed by atoms with Crippen molar-refractivity contribution in [3.05, 3.63) is 71.2 Å². The van der Waals surface area contributed by atoms with E-state index in [0.29, 0.717) is 10.8 Å². The van der Waals surface area contributed by atoms with Crippen LogP contribution in [0.1, 0.15) is 10.9 Å². The van der Waals surface area contributed by atoms with Crippen molar-refractivity contribution < 1.29 is 9.53 Å². The summed E-state index contributed by atoms with van der Waals surface area (Å²) in [6.07, 6.45) is 0. The Morgan fingerprint density at radius 1 is 1.08 bits per heavy atom. The first-order chi connectivity index (χ1) is 12.2. The van der Waals surface area contributed by atoms with Crippen LogP contribution in [0.4, 0.5) is 5.69 Å². The van der Waals surface area contributed by atoms with Crippen molar-refractivity contribution in [2.24, 2.45) is 0 Å². The molecule has 1 amide bonds. The van der Waals surface area contributed by atoms with E-state index in [4.69, 9.17) is 16.3 Å². The molecule has 0 aromatic heterocycles. The minimum atomic E-state index is -0.0440. The highest BCUT2D eigenvalue weighted by atomic mass is 35.5. The van der Waals surface area contributed by atoms with E-state index in [9.17, 15) is 4.79 Å². The van der Waals surface area contributed by atoms with Crippen LogP contribution < -0.4 is 9.64 Å². The molecule has 3 aromatic rings. The van der Waals surface area contributed by atoms with E-state index in [2.05, 4.69) is 18.2 Å². The Bertz CT molecular complexity index is 959. The van der Waals surface area contributed by atoms with E-state index in [0.717, 1.165) is 27.8 Å². The van der Waals surface area contributed by atoms with Crippen LogP contribution >= 0.6 is 23.4 Å². The zero-order chi connectivity index (χ0) is 17.4. The molecule has 1 saturated heterocycles. The summed E-state index contributed by atoms with van der Waals surface area (Å²) in [6, 6.07) is 19.8. The van der Waals surface area contributed by atoms with Gasteiger partial charge < -0.3 is 4.74 Å². The smallest absolute Gasteiger partial charge is 0.238 e. The number of anilines is 1. The van der Waals surface area contributed by atoms with Crippen LogP contribution in [0.15, 0.2) is 60.7 Å². The Labute approximate surface area is 155 Å². The van der Waals surface area contributed by atoms with Crippen LogP contribution in [-0.4, -0.2) is 18.8 Å². The van der Waals surface area contributed by atoms with Crippen molar-refractivity contribution in [1.29, 1.82) is 0 Å². The number of hydrogen-bond donors (Lipinski definition) is 0. The van der Waals surface area contributed by atoms with Gasteiger partial charge in [0.1, 0.15) is 11.1 Å². The van der Waals surface area contributed by atoms with E-state index in [1.807, 2.05) is 47.4 Å². The summed E-state index contributed by atoms with van der Waals surface area (Å²) in [7, 11) is 1.67. The van der Waals surface area contributed by atoms with Crippen LogP contribution in [0.25, 0.3) is 10.8 Å². The molecule has 1 fully saturated rings. The Hall–Kier alpha value is -2.17. The maximum Gasteiger partial charge on any atom is 0.238 e. The summed E-state index contributed by atoms with van der Waals surface area (Å²) in [4.78, 5) is 14.3. The molecule has 0 spiro atoms. The lowest BCUT2D eigenvalue weighted by molar-refractivity contribution is -0.115. The zero-order valence-corrected chi connectivity index (χ0v) is 15.2. The molecule has 5 heteroatoms. The van der Waals surface area contributed by atoms with E-state index in [1.54, 1.807) is 18.9 Å². The third kappa shape index (κ3) is 3.08. The van der Waals surface area contributed by atoms with Crippen molar-refractivity contribution in [2.45, 2.75) is 5.37 Å². The Morgan fingerprint density at radius 3 is 2.68 bits per heavy atom. The van der Waals surface area contributed by atoms with Gasteiger partial charge in [-0.3, -0.25) is 9.69 Å². The second-order valence-electron chi connectivity index (χ2n) is 5.88. The van der Waals surface area contributed by atoms with Crippen molar-refractivity contribution in [2.75, 3.05) is 17.8 Å². The minimum absolute atomic E-state index is 0.0440. The molecule has 0 N–H and O–H groups in total. The number of hydrogen-bond acceptors (Lipinski definition) is 3. The molecular weight excluding hydrogens is 354 g/mol. The topological polar surface area (TPSA) is 29.5 Å². The summed E-state index contributed by atoms with van der Waals surface area (Å²) < 4.78 is 5.28. The van der Waals surface area contributed by atoms with E-state index < -0.39 is 0 Å². The first-order valence-corrected chi connectivity index (χ1v) is 9.35. The molecule has 25 heavy (non-hydrogen) atoms. The first-order valence-electron chi connectivity index (χ1n) is 7.92. The molecule has 126 valence electrons. The monoisotopic (exact) mass is 369 g/mol. The van der Waals surface area contributed by atoms with Crippen LogP contribution in [-0.2, 0) is 4.79 Å². The highest BCUT2D eigenvalue weighted by molar-refractivity contribution is 8.00. The lowest BCUT2D eigenvalue weighted by atomic mass is 10.1. The average Bonchev–Trinajstić information content (AvgIpc) is 3.02.